The van der Waals surface area contributed by atoms with Gasteiger partial charge >= 0.3 is 0 Å². The zero-order valence-electron chi connectivity index (χ0n) is 10.9. The molecule has 0 spiro atoms. The van der Waals surface area contributed by atoms with Gasteiger partial charge in [-0.2, -0.15) is 5.10 Å². The third kappa shape index (κ3) is 2.93. The van der Waals surface area contributed by atoms with E-state index in [2.05, 4.69) is 15.0 Å². The van der Waals surface area contributed by atoms with Crippen LogP contribution in [0.2, 0.25) is 5.02 Å². The van der Waals surface area contributed by atoms with E-state index in [0.29, 0.717) is 0 Å². The highest BCUT2D eigenvalue weighted by atomic mass is 35.5. The van der Waals surface area contributed by atoms with Crippen LogP contribution >= 0.6 is 11.6 Å². The lowest BCUT2D eigenvalue weighted by molar-refractivity contribution is 0.318. The van der Waals surface area contributed by atoms with E-state index in [1.54, 1.807) is 12.1 Å². The number of hydrogen-bond acceptors (Lipinski definition) is 5. The molecule has 4 N–H and O–H groups in total. The monoisotopic (exact) mass is 329 g/mol. The van der Waals surface area contributed by atoms with Crippen LogP contribution < -0.4 is 10.5 Å². The first-order chi connectivity index (χ1) is 9.86. The smallest absolute Gasteiger partial charge is 0.264 e. The third-order valence-electron chi connectivity index (χ3n) is 2.68. The molecule has 2 rings (SSSR count). The van der Waals surface area contributed by atoms with Gasteiger partial charge in [0, 0.05) is 7.05 Å². The lowest BCUT2D eigenvalue weighted by Gasteiger charge is -2.11. The molecule has 1 heterocycles. The summed E-state index contributed by atoms with van der Waals surface area (Å²) in [7, 11) is -2.42. The number of benzene rings is 1. The van der Waals surface area contributed by atoms with Crippen molar-refractivity contribution in [1.82, 2.24) is 9.78 Å². The number of amidine groups is 1. The van der Waals surface area contributed by atoms with Gasteiger partial charge in [0.05, 0.1) is 16.8 Å². The van der Waals surface area contributed by atoms with E-state index in [1.807, 2.05) is 0 Å². The summed E-state index contributed by atoms with van der Waals surface area (Å²) in [5, 5.41) is 15.5. The molecule has 0 aliphatic carbocycles. The molecular formula is C11H12ClN5O3S. The molecule has 8 nitrogen and oxygen atoms in total. The van der Waals surface area contributed by atoms with E-state index < -0.39 is 10.0 Å². The Morgan fingerprint density at radius 2 is 2.14 bits per heavy atom. The van der Waals surface area contributed by atoms with Crippen LogP contribution in [0.25, 0.3) is 0 Å². The molecule has 0 bridgehead atoms. The lowest BCUT2D eigenvalue weighted by atomic mass is 10.3. The number of halogens is 1. The molecule has 0 aliphatic rings. The first-order valence-electron chi connectivity index (χ1n) is 5.64. The minimum absolute atomic E-state index is 0.0604. The van der Waals surface area contributed by atoms with Crippen LogP contribution in [-0.4, -0.2) is 29.2 Å². The maximum absolute atomic E-state index is 12.4. The number of aryl methyl sites for hydroxylation is 1. The second-order valence-corrected chi connectivity index (χ2v) is 6.11. The molecule has 0 atom stereocenters. The standard InChI is InChI=1S/C11H12ClN5O3S/c1-17-11(7(6-14-17)10(13)15-18)16-21(19,20)9-5-3-2-4-8(9)12/h2-6,16,18H,1H3,(H2,13,15). The number of nitrogens with one attached hydrogen (secondary N) is 1. The third-order valence-corrected chi connectivity index (χ3v) is 4.52. The molecule has 0 amide bonds. The van der Waals surface area contributed by atoms with Crippen LogP contribution in [0.3, 0.4) is 0 Å². The van der Waals surface area contributed by atoms with E-state index in [4.69, 9.17) is 22.5 Å². The van der Waals surface area contributed by atoms with Crippen molar-refractivity contribution in [2.24, 2.45) is 17.9 Å². The van der Waals surface area contributed by atoms with E-state index >= 15 is 0 Å². The summed E-state index contributed by atoms with van der Waals surface area (Å²) in [6.07, 6.45) is 1.28. The molecule has 2 aromatic rings. The molecule has 0 radical (unpaired) electrons. The number of oxime groups is 1. The second kappa shape index (κ2) is 5.62. The van der Waals surface area contributed by atoms with Gasteiger partial charge in [-0.1, -0.05) is 28.9 Å². The van der Waals surface area contributed by atoms with Gasteiger partial charge in [-0.25, -0.2) is 8.42 Å². The summed E-state index contributed by atoms with van der Waals surface area (Å²) in [6.45, 7) is 0. The number of anilines is 1. The fourth-order valence-electron chi connectivity index (χ4n) is 1.64. The average Bonchev–Trinajstić information content (AvgIpc) is 2.79. The normalized spacial score (nSPS) is 12.4. The maximum atomic E-state index is 12.4. The van der Waals surface area contributed by atoms with Gasteiger partial charge in [0.1, 0.15) is 10.7 Å². The van der Waals surface area contributed by atoms with Crippen molar-refractivity contribution in [1.29, 1.82) is 0 Å². The molecule has 1 aromatic heterocycles. The zero-order chi connectivity index (χ0) is 15.6. The minimum Gasteiger partial charge on any atom is -0.409 e. The predicted octanol–water partition coefficient (Wildman–Crippen LogP) is 0.969. The van der Waals surface area contributed by atoms with Gasteiger partial charge in [0.15, 0.2) is 5.84 Å². The molecule has 21 heavy (non-hydrogen) atoms. The Morgan fingerprint density at radius 1 is 1.48 bits per heavy atom. The first kappa shape index (κ1) is 15.1. The van der Waals surface area contributed by atoms with E-state index in [0.717, 1.165) is 0 Å². The van der Waals surface area contributed by atoms with E-state index in [9.17, 15) is 8.42 Å². The van der Waals surface area contributed by atoms with E-state index in [-0.39, 0.29) is 27.1 Å². The van der Waals surface area contributed by atoms with Crippen molar-refractivity contribution in [3.05, 3.63) is 41.0 Å². The highest BCUT2D eigenvalue weighted by Gasteiger charge is 2.22. The van der Waals surface area contributed by atoms with Crippen LogP contribution in [0.15, 0.2) is 40.5 Å². The van der Waals surface area contributed by atoms with Crippen molar-refractivity contribution in [3.8, 4) is 0 Å². The quantitative estimate of drug-likeness (QED) is 0.334. The SMILES string of the molecule is Cn1ncc(C(N)=NO)c1NS(=O)(=O)c1ccccc1Cl. The Morgan fingerprint density at radius 3 is 2.76 bits per heavy atom. The summed E-state index contributed by atoms with van der Waals surface area (Å²) in [4.78, 5) is -0.0849. The van der Waals surface area contributed by atoms with Gasteiger partial charge in [0.25, 0.3) is 10.0 Å². The molecule has 1 aromatic carbocycles. The minimum atomic E-state index is -3.94. The van der Waals surface area contributed by atoms with Crippen molar-refractivity contribution in [3.63, 3.8) is 0 Å². The largest absolute Gasteiger partial charge is 0.409 e. The van der Waals surface area contributed by atoms with Crippen LogP contribution in [0.1, 0.15) is 5.56 Å². The number of rotatable bonds is 4. The van der Waals surface area contributed by atoms with Gasteiger partial charge in [-0.05, 0) is 12.1 Å². The Hall–Kier alpha value is -2.26. The first-order valence-corrected chi connectivity index (χ1v) is 7.50. The van der Waals surface area contributed by atoms with Crippen molar-refractivity contribution in [2.45, 2.75) is 4.90 Å². The highest BCUT2D eigenvalue weighted by molar-refractivity contribution is 7.92. The Balaban J connectivity index is 2.48. The summed E-state index contributed by atoms with van der Waals surface area (Å²) < 4.78 is 28.3. The van der Waals surface area contributed by atoms with Crippen LogP contribution in [0.4, 0.5) is 5.82 Å². The fraction of sp³-hybridized carbons (Fsp3) is 0.0909. The molecule has 0 saturated heterocycles. The number of nitrogens with two attached hydrogens (primary N) is 1. The van der Waals surface area contributed by atoms with Gasteiger partial charge in [0.2, 0.25) is 0 Å². The van der Waals surface area contributed by atoms with Gasteiger partial charge < -0.3 is 10.9 Å². The van der Waals surface area contributed by atoms with E-state index in [1.165, 1.54) is 30.1 Å². The number of nitrogens with zero attached hydrogens (tertiary/aromatic N) is 3. The molecule has 0 aliphatic heterocycles. The molecule has 10 heteroatoms. The average molecular weight is 330 g/mol. The van der Waals surface area contributed by atoms with Crippen molar-refractivity contribution < 1.29 is 13.6 Å². The van der Waals surface area contributed by atoms with Gasteiger partial charge in [-0.15, -0.1) is 0 Å². The Labute approximate surface area is 125 Å². The maximum Gasteiger partial charge on any atom is 0.264 e. The highest BCUT2D eigenvalue weighted by Crippen LogP contribution is 2.24. The molecule has 0 unspecified atom stereocenters. The molecule has 112 valence electrons. The zero-order valence-corrected chi connectivity index (χ0v) is 12.4. The summed E-state index contributed by atoms with van der Waals surface area (Å²) >= 11 is 5.89. The summed E-state index contributed by atoms with van der Waals surface area (Å²) in [5.41, 5.74) is 5.63. The topological polar surface area (TPSA) is 123 Å². The van der Waals surface area contributed by atoms with Gasteiger partial charge in [-0.3, -0.25) is 9.40 Å². The van der Waals surface area contributed by atoms with Crippen LogP contribution in [0.5, 0.6) is 0 Å². The predicted molar refractivity (Wildman–Crippen MR) is 78.0 cm³/mol. The summed E-state index contributed by atoms with van der Waals surface area (Å²) in [5.74, 6) is -0.204. The summed E-state index contributed by atoms with van der Waals surface area (Å²) in [6, 6.07) is 6.00. The number of aromatic nitrogens is 2. The van der Waals surface area contributed by atoms with Crippen molar-refractivity contribution in [2.75, 3.05) is 4.72 Å². The molecule has 0 saturated carbocycles. The second-order valence-electron chi connectivity index (χ2n) is 4.05. The lowest BCUT2D eigenvalue weighted by Crippen LogP contribution is -2.20. The Bertz CT molecular complexity index is 800. The molecule has 0 fully saturated rings. The van der Waals surface area contributed by atoms with Crippen LogP contribution in [0, 0.1) is 0 Å². The molecular weight excluding hydrogens is 318 g/mol. The fourth-order valence-corrected chi connectivity index (χ4v) is 3.27. The van der Waals surface area contributed by atoms with Crippen molar-refractivity contribution >= 4 is 33.3 Å². The van der Waals surface area contributed by atoms with Crippen LogP contribution in [-0.2, 0) is 17.1 Å². The Kier molecular flexibility index (Phi) is 4.05. The number of hydrogen-bond donors (Lipinski definition) is 3. The number of sulfonamides is 1.